The van der Waals surface area contributed by atoms with Crippen molar-refractivity contribution in [2.45, 2.75) is 23.6 Å². The summed E-state index contributed by atoms with van der Waals surface area (Å²) in [5, 5.41) is 15.8. The number of nitrogens with one attached hydrogen (secondary N) is 2. The van der Waals surface area contributed by atoms with Crippen molar-refractivity contribution in [3.63, 3.8) is 0 Å². The van der Waals surface area contributed by atoms with Gasteiger partial charge in [0, 0.05) is 46.7 Å². The van der Waals surface area contributed by atoms with Crippen molar-refractivity contribution in [2.75, 3.05) is 17.8 Å². The molecule has 0 aliphatic rings. The highest BCUT2D eigenvalue weighted by Crippen LogP contribution is 2.33. The average molecular weight is 698 g/mol. The fraction of sp³-hybridized carbons (Fsp3) is 0.161. The largest absolute Gasteiger partial charge is 0.416 e. The lowest BCUT2D eigenvalue weighted by molar-refractivity contribution is -0.137. The topological polar surface area (TPSA) is 104 Å². The number of rotatable bonds is 11. The second kappa shape index (κ2) is 15.7. The Labute approximate surface area is 275 Å². The van der Waals surface area contributed by atoms with Crippen LogP contribution in [0.25, 0.3) is 21.8 Å². The molecule has 0 fully saturated rings. The average Bonchev–Trinajstić information content (AvgIpc) is 3.51. The van der Waals surface area contributed by atoms with Crippen LogP contribution in [0.3, 0.4) is 0 Å². The van der Waals surface area contributed by atoms with Gasteiger partial charge in [-0.15, -0.1) is 36.2 Å². The van der Waals surface area contributed by atoms with E-state index in [4.69, 9.17) is 0 Å². The molecule has 1 atom stereocenters. The first-order valence-electron chi connectivity index (χ1n) is 13.2. The summed E-state index contributed by atoms with van der Waals surface area (Å²) in [5.74, 6) is 0. The zero-order chi connectivity index (χ0) is 30.5. The number of alkyl halides is 3. The molecule has 5 rings (SSSR count). The van der Waals surface area contributed by atoms with E-state index < -0.39 is 27.9 Å². The van der Waals surface area contributed by atoms with Crippen LogP contribution in [-0.4, -0.2) is 36.6 Å². The van der Waals surface area contributed by atoms with E-state index in [0.29, 0.717) is 47.0 Å². The van der Waals surface area contributed by atoms with Crippen LogP contribution in [0.4, 0.5) is 18.9 Å². The Kier molecular flexibility index (Phi) is 12.5. The Bertz CT molecular complexity index is 1760. The number of nitrogens with zero attached hydrogens (tertiary/aromatic N) is 2. The minimum absolute atomic E-state index is 0. The van der Waals surface area contributed by atoms with Crippen molar-refractivity contribution in [1.82, 2.24) is 15.3 Å². The monoisotopic (exact) mass is 696 g/mol. The summed E-state index contributed by atoms with van der Waals surface area (Å²) in [6, 6.07) is 21.7. The molecule has 2 heterocycles. The quantitative estimate of drug-likeness (QED) is 0.124. The number of sulfonamides is 1. The van der Waals surface area contributed by atoms with Crippen LogP contribution in [0.5, 0.6) is 0 Å². The van der Waals surface area contributed by atoms with Crippen LogP contribution >= 0.6 is 36.2 Å². The van der Waals surface area contributed by atoms with Crippen molar-refractivity contribution < 1.29 is 26.7 Å². The highest BCUT2D eigenvalue weighted by atomic mass is 35.5. The van der Waals surface area contributed by atoms with Crippen molar-refractivity contribution in [1.29, 1.82) is 0 Å². The molecule has 0 bridgehead atoms. The third-order valence-electron chi connectivity index (χ3n) is 6.63. The number of thiazole rings is 1. The van der Waals surface area contributed by atoms with E-state index in [0.717, 1.165) is 23.3 Å². The summed E-state index contributed by atoms with van der Waals surface area (Å²) in [6.45, 7) is 1.03. The Morgan fingerprint density at radius 1 is 0.889 bits per heavy atom. The van der Waals surface area contributed by atoms with Gasteiger partial charge in [0.15, 0.2) is 0 Å². The molecule has 2 aromatic heterocycles. The molecular weight excluding hydrogens is 668 g/mol. The van der Waals surface area contributed by atoms with Crippen LogP contribution in [0, 0.1) is 0 Å². The van der Waals surface area contributed by atoms with Crippen molar-refractivity contribution in [2.24, 2.45) is 0 Å². The van der Waals surface area contributed by atoms with Gasteiger partial charge >= 0.3 is 6.18 Å². The number of aromatic nitrogens is 2. The minimum atomic E-state index is -4.41. The van der Waals surface area contributed by atoms with Gasteiger partial charge < -0.3 is 10.4 Å². The highest BCUT2D eigenvalue weighted by molar-refractivity contribution is 7.92. The molecule has 0 aliphatic heterocycles. The van der Waals surface area contributed by atoms with Gasteiger partial charge in [0.05, 0.1) is 22.3 Å². The fourth-order valence-electron chi connectivity index (χ4n) is 4.26. The van der Waals surface area contributed by atoms with Gasteiger partial charge in [0.1, 0.15) is 5.01 Å². The first-order chi connectivity index (χ1) is 20.6. The highest BCUT2D eigenvalue weighted by Gasteiger charge is 2.30. The zero-order valence-electron chi connectivity index (χ0n) is 23.4. The third kappa shape index (κ3) is 9.49. The standard InChI is InChI=1S/C31H27F3N4O3S2.2ClH/c32-31(33,34)25-9-5-22(6-10-25)28-20-42-30(37-28)23-7-13-27(14-8-23)43(40,41)38-26-11-3-21(4-12-26)15-17-36-19-29(39)24-2-1-16-35-18-24;;/h1-14,16,18,20,29,36,38-39H,15,17,19H2;2*1H. The summed E-state index contributed by atoms with van der Waals surface area (Å²) in [5.41, 5.74) is 3.23. The van der Waals surface area contributed by atoms with E-state index in [1.807, 2.05) is 18.2 Å². The van der Waals surface area contributed by atoms with Crippen LogP contribution in [0.2, 0.25) is 0 Å². The molecule has 0 saturated heterocycles. The number of aliphatic hydroxyl groups is 1. The number of hydrogen-bond donors (Lipinski definition) is 3. The number of pyridine rings is 1. The first kappa shape index (κ1) is 36.0. The first-order valence-corrected chi connectivity index (χ1v) is 15.6. The number of anilines is 1. The third-order valence-corrected chi connectivity index (χ3v) is 8.92. The van der Waals surface area contributed by atoms with Gasteiger partial charge in [0.25, 0.3) is 10.0 Å². The maximum absolute atomic E-state index is 13.0. The lowest BCUT2D eigenvalue weighted by Gasteiger charge is -2.12. The number of aliphatic hydroxyl groups excluding tert-OH is 1. The Morgan fingerprint density at radius 2 is 1.56 bits per heavy atom. The molecule has 14 heteroatoms. The fourth-order valence-corrected chi connectivity index (χ4v) is 6.16. The summed E-state index contributed by atoms with van der Waals surface area (Å²) in [4.78, 5) is 8.60. The normalized spacial score (nSPS) is 12.1. The molecule has 3 aromatic carbocycles. The van der Waals surface area contributed by atoms with Gasteiger partial charge in [-0.1, -0.05) is 42.5 Å². The van der Waals surface area contributed by atoms with Crippen LogP contribution < -0.4 is 10.0 Å². The molecule has 0 radical (unpaired) electrons. The van der Waals surface area contributed by atoms with E-state index >= 15 is 0 Å². The van der Waals surface area contributed by atoms with Crippen LogP contribution in [0.1, 0.15) is 22.8 Å². The lowest BCUT2D eigenvalue weighted by Crippen LogP contribution is -2.23. The van der Waals surface area contributed by atoms with E-state index in [-0.39, 0.29) is 29.7 Å². The van der Waals surface area contributed by atoms with Gasteiger partial charge in [-0.2, -0.15) is 13.2 Å². The van der Waals surface area contributed by atoms with Crippen LogP contribution in [0.15, 0.2) is 108 Å². The Morgan fingerprint density at radius 3 is 2.18 bits per heavy atom. The Hall–Kier alpha value is -3.52. The van der Waals surface area contributed by atoms with Gasteiger partial charge in [0.2, 0.25) is 0 Å². The predicted octanol–water partition coefficient (Wildman–Crippen LogP) is 7.40. The van der Waals surface area contributed by atoms with E-state index in [1.165, 1.54) is 35.6 Å². The molecule has 1 unspecified atom stereocenters. The molecule has 0 spiro atoms. The van der Waals surface area contributed by atoms with Gasteiger partial charge in [-0.3, -0.25) is 9.71 Å². The predicted molar refractivity (Wildman–Crippen MR) is 176 cm³/mol. The Balaban J connectivity index is 0.00000276. The maximum atomic E-state index is 13.0. The molecular formula is C31H29Cl2F3N4O3S2. The van der Waals surface area contributed by atoms with Crippen molar-refractivity contribution in [3.05, 3.63) is 119 Å². The van der Waals surface area contributed by atoms with Crippen LogP contribution in [-0.2, 0) is 22.6 Å². The summed E-state index contributed by atoms with van der Waals surface area (Å²) >= 11 is 1.31. The summed E-state index contributed by atoms with van der Waals surface area (Å²) in [6.07, 6.45) is -1.07. The molecule has 0 aliphatic carbocycles. The SMILES string of the molecule is Cl.Cl.O=S(=O)(Nc1ccc(CCNCC(O)c2cccnc2)cc1)c1ccc(-c2nc(-c3ccc(C(F)(F)F)cc3)cs2)cc1. The van der Waals surface area contributed by atoms with E-state index in [1.54, 1.807) is 48.1 Å². The van der Waals surface area contributed by atoms with Gasteiger partial charge in [-0.25, -0.2) is 13.4 Å². The van der Waals surface area contributed by atoms with E-state index in [9.17, 15) is 26.7 Å². The summed E-state index contributed by atoms with van der Waals surface area (Å²) in [7, 11) is -3.84. The molecule has 45 heavy (non-hydrogen) atoms. The molecule has 0 amide bonds. The lowest BCUT2D eigenvalue weighted by atomic mass is 10.1. The van der Waals surface area contributed by atoms with Crippen molar-refractivity contribution >= 4 is 51.9 Å². The second-order valence-corrected chi connectivity index (χ2v) is 12.2. The minimum Gasteiger partial charge on any atom is -0.387 e. The number of halogens is 5. The molecule has 5 aromatic rings. The van der Waals surface area contributed by atoms with E-state index in [2.05, 4.69) is 20.0 Å². The number of hydrogen-bond acceptors (Lipinski definition) is 7. The second-order valence-electron chi connectivity index (χ2n) is 9.70. The smallest absolute Gasteiger partial charge is 0.387 e. The van der Waals surface area contributed by atoms with Gasteiger partial charge in [-0.05, 0) is 61.0 Å². The molecule has 3 N–H and O–H groups in total. The molecule has 0 saturated carbocycles. The molecule has 238 valence electrons. The summed E-state index contributed by atoms with van der Waals surface area (Å²) < 4.78 is 67.1. The zero-order valence-corrected chi connectivity index (χ0v) is 26.7. The number of benzene rings is 3. The maximum Gasteiger partial charge on any atom is 0.416 e. The molecule has 7 nitrogen and oxygen atoms in total. The van der Waals surface area contributed by atoms with Crippen molar-refractivity contribution in [3.8, 4) is 21.8 Å².